The number of hydrogen-bond donors (Lipinski definition) is 1. The van der Waals surface area contributed by atoms with Crippen LogP contribution in [0.4, 0.5) is 5.82 Å². The quantitative estimate of drug-likeness (QED) is 0.913. The van der Waals surface area contributed by atoms with E-state index in [1.807, 2.05) is 27.7 Å². The molecule has 0 aliphatic rings. The number of anilines is 1. The molecule has 1 amide bonds. The number of aromatic nitrogens is 1. The van der Waals surface area contributed by atoms with Gasteiger partial charge in [-0.15, -0.1) is 0 Å². The van der Waals surface area contributed by atoms with Crippen LogP contribution in [0.5, 0.6) is 0 Å². The Labute approximate surface area is 120 Å². The van der Waals surface area contributed by atoms with Crippen LogP contribution in [0.15, 0.2) is 12.1 Å². The van der Waals surface area contributed by atoms with Crippen molar-refractivity contribution >= 4 is 11.7 Å². The fourth-order valence-corrected chi connectivity index (χ4v) is 1.83. The number of nitrogens with zero attached hydrogens (tertiary/aromatic N) is 3. The SMILES string of the molecule is CCN(CCC#N)C(=O)c1cc(N)nc(C(C)(C)C)c1. The molecule has 0 fully saturated rings. The van der Waals surface area contributed by atoms with Crippen LogP contribution < -0.4 is 5.73 Å². The molecule has 0 atom stereocenters. The molecule has 5 heteroatoms. The first kappa shape index (κ1) is 16.0. The number of nitriles is 1. The molecule has 1 heterocycles. The van der Waals surface area contributed by atoms with Gasteiger partial charge >= 0.3 is 0 Å². The molecule has 1 aromatic rings. The molecule has 0 bridgehead atoms. The monoisotopic (exact) mass is 274 g/mol. The first-order valence-corrected chi connectivity index (χ1v) is 6.74. The number of hydrogen-bond acceptors (Lipinski definition) is 4. The van der Waals surface area contributed by atoms with Crippen molar-refractivity contribution in [3.8, 4) is 6.07 Å². The minimum absolute atomic E-state index is 0.109. The van der Waals surface area contributed by atoms with Gasteiger partial charge in [0.25, 0.3) is 5.91 Å². The predicted molar refractivity (Wildman–Crippen MR) is 79.2 cm³/mol. The Kier molecular flexibility index (Phi) is 5.09. The lowest BCUT2D eigenvalue weighted by atomic mass is 9.90. The highest BCUT2D eigenvalue weighted by Crippen LogP contribution is 2.23. The van der Waals surface area contributed by atoms with Crippen molar-refractivity contribution in [3.63, 3.8) is 0 Å². The Balaban J connectivity index is 3.09. The highest BCUT2D eigenvalue weighted by Gasteiger charge is 2.20. The van der Waals surface area contributed by atoms with E-state index in [4.69, 9.17) is 11.0 Å². The maximum Gasteiger partial charge on any atom is 0.254 e. The molecule has 1 aromatic heterocycles. The fraction of sp³-hybridized carbons (Fsp3) is 0.533. The molecule has 5 nitrogen and oxygen atoms in total. The van der Waals surface area contributed by atoms with Crippen molar-refractivity contribution in [2.75, 3.05) is 18.8 Å². The predicted octanol–water partition coefficient (Wildman–Crippen LogP) is 2.34. The van der Waals surface area contributed by atoms with Gasteiger partial charge in [-0.2, -0.15) is 5.26 Å². The average Bonchev–Trinajstić information content (AvgIpc) is 2.37. The summed E-state index contributed by atoms with van der Waals surface area (Å²) in [5.74, 6) is 0.236. The lowest BCUT2D eigenvalue weighted by molar-refractivity contribution is 0.0767. The van der Waals surface area contributed by atoms with Gasteiger partial charge in [0.05, 0.1) is 12.5 Å². The summed E-state index contributed by atoms with van der Waals surface area (Å²) in [5.41, 5.74) is 6.95. The van der Waals surface area contributed by atoms with Crippen molar-refractivity contribution in [1.82, 2.24) is 9.88 Å². The normalized spacial score (nSPS) is 10.9. The number of pyridine rings is 1. The maximum atomic E-state index is 12.4. The Morgan fingerprint density at radius 2 is 2.10 bits per heavy atom. The van der Waals surface area contributed by atoms with Crippen molar-refractivity contribution in [2.24, 2.45) is 0 Å². The molecule has 20 heavy (non-hydrogen) atoms. The number of rotatable bonds is 4. The van der Waals surface area contributed by atoms with Gasteiger partial charge in [0, 0.05) is 29.8 Å². The van der Waals surface area contributed by atoms with E-state index in [1.165, 1.54) is 0 Å². The molecule has 1 rings (SSSR count). The van der Waals surface area contributed by atoms with E-state index in [-0.39, 0.29) is 11.3 Å². The maximum absolute atomic E-state index is 12.4. The van der Waals surface area contributed by atoms with Gasteiger partial charge in [-0.3, -0.25) is 4.79 Å². The zero-order valence-electron chi connectivity index (χ0n) is 12.6. The van der Waals surface area contributed by atoms with Crippen LogP contribution in [-0.4, -0.2) is 28.9 Å². The molecule has 0 aliphatic heterocycles. The van der Waals surface area contributed by atoms with Crippen LogP contribution in [0.3, 0.4) is 0 Å². The molecule has 0 spiro atoms. The van der Waals surface area contributed by atoms with Crippen molar-refractivity contribution in [2.45, 2.75) is 39.5 Å². The second kappa shape index (κ2) is 6.38. The smallest absolute Gasteiger partial charge is 0.254 e. The van der Waals surface area contributed by atoms with Crippen LogP contribution in [0, 0.1) is 11.3 Å². The molecule has 0 radical (unpaired) electrons. The van der Waals surface area contributed by atoms with Gasteiger partial charge in [0.1, 0.15) is 5.82 Å². The molecule has 108 valence electrons. The Morgan fingerprint density at radius 1 is 1.45 bits per heavy atom. The van der Waals surface area contributed by atoms with E-state index in [0.29, 0.717) is 30.9 Å². The van der Waals surface area contributed by atoms with Gasteiger partial charge in [0.15, 0.2) is 0 Å². The van der Waals surface area contributed by atoms with Crippen LogP contribution in [0.25, 0.3) is 0 Å². The molecule has 0 saturated carbocycles. The van der Waals surface area contributed by atoms with E-state index in [2.05, 4.69) is 11.1 Å². The molecule has 0 aliphatic carbocycles. The van der Waals surface area contributed by atoms with Gasteiger partial charge in [-0.05, 0) is 19.1 Å². The molecular formula is C15H22N4O. The van der Waals surface area contributed by atoms with Crippen LogP contribution >= 0.6 is 0 Å². The second-order valence-electron chi connectivity index (χ2n) is 5.71. The zero-order chi connectivity index (χ0) is 15.3. The largest absolute Gasteiger partial charge is 0.384 e. The number of amides is 1. The summed E-state index contributed by atoms with van der Waals surface area (Å²) >= 11 is 0. The molecule has 0 aromatic carbocycles. The molecule has 0 unspecified atom stereocenters. The van der Waals surface area contributed by atoms with Crippen LogP contribution in [0.2, 0.25) is 0 Å². The van der Waals surface area contributed by atoms with Crippen LogP contribution in [0.1, 0.15) is 50.2 Å². The summed E-state index contributed by atoms with van der Waals surface area (Å²) in [6.45, 7) is 8.96. The Morgan fingerprint density at radius 3 is 2.60 bits per heavy atom. The van der Waals surface area contributed by atoms with E-state index in [0.717, 1.165) is 5.69 Å². The van der Waals surface area contributed by atoms with Gasteiger partial charge in [-0.25, -0.2) is 4.98 Å². The standard InChI is InChI=1S/C15H22N4O/c1-5-19(8-6-7-16)14(20)11-9-12(15(2,3)4)18-13(17)10-11/h9-10H,5-6,8H2,1-4H3,(H2,17,18). The summed E-state index contributed by atoms with van der Waals surface area (Å²) in [4.78, 5) is 18.4. The third-order valence-corrected chi connectivity index (χ3v) is 3.02. The average molecular weight is 274 g/mol. The molecular weight excluding hydrogens is 252 g/mol. The molecule has 0 saturated heterocycles. The zero-order valence-corrected chi connectivity index (χ0v) is 12.6. The van der Waals surface area contributed by atoms with E-state index in [1.54, 1.807) is 17.0 Å². The topological polar surface area (TPSA) is 83.0 Å². The highest BCUT2D eigenvalue weighted by molar-refractivity contribution is 5.95. The van der Waals surface area contributed by atoms with E-state index in [9.17, 15) is 4.79 Å². The summed E-state index contributed by atoms with van der Waals surface area (Å²) in [5, 5.41) is 8.64. The van der Waals surface area contributed by atoms with Crippen molar-refractivity contribution in [1.29, 1.82) is 5.26 Å². The minimum Gasteiger partial charge on any atom is -0.384 e. The van der Waals surface area contributed by atoms with Gasteiger partial charge in [0.2, 0.25) is 0 Å². The number of carbonyl (C=O) groups excluding carboxylic acids is 1. The van der Waals surface area contributed by atoms with Crippen molar-refractivity contribution in [3.05, 3.63) is 23.4 Å². The summed E-state index contributed by atoms with van der Waals surface area (Å²) in [6, 6.07) is 5.43. The highest BCUT2D eigenvalue weighted by atomic mass is 16.2. The summed E-state index contributed by atoms with van der Waals surface area (Å²) < 4.78 is 0. The van der Waals surface area contributed by atoms with E-state index >= 15 is 0 Å². The Bertz CT molecular complexity index is 526. The lowest BCUT2D eigenvalue weighted by Crippen LogP contribution is -2.32. The third-order valence-electron chi connectivity index (χ3n) is 3.02. The van der Waals surface area contributed by atoms with Gasteiger partial charge in [-0.1, -0.05) is 20.8 Å². The summed E-state index contributed by atoms with van der Waals surface area (Å²) in [6.07, 6.45) is 0.326. The number of nitrogen functional groups attached to an aromatic ring is 1. The first-order valence-electron chi connectivity index (χ1n) is 6.74. The van der Waals surface area contributed by atoms with Crippen LogP contribution in [-0.2, 0) is 5.41 Å². The minimum atomic E-state index is -0.173. The van der Waals surface area contributed by atoms with Crippen molar-refractivity contribution < 1.29 is 4.79 Å². The fourth-order valence-electron chi connectivity index (χ4n) is 1.83. The third kappa shape index (κ3) is 3.95. The van der Waals surface area contributed by atoms with Gasteiger partial charge < -0.3 is 10.6 Å². The second-order valence-corrected chi connectivity index (χ2v) is 5.71. The Hall–Kier alpha value is -2.09. The van der Waals surface area contributed by atoms with E-state index < -0.39 is 0 Å². The first-order chi connectivity index (χ1) is 9.29. The lowest BCUT2D eigenvalue weighted by Gasteiger charge is -2.22. The molecule has 2 N–H and O–H groups in total. The summed E-state index contributed by atoms with van der Waals surface area (Å²) in [7, 11) is 0. The number of nitrogens with two attached hydrogens (primary N) is 1. The number of carbonyl (C=O) groups is 1.